The van der Waals surface area contributed by atoms with Gasteiger partial charge in [0.2, 0.25) is 5.89 Å². The van der Waals surface area contributed by atoms with Crippen LogP contribution in [0.5, 0.6) is 0 Å². The zero-order valence-electron chi connectivity index (χ0n) is 8.98. The average molecular weight is 234 g/mol. The minimum atomic E-state index is 0.433. The molecule has 2 aromatic rings. The quantitative estimate of drug-likeness (QED) is 0.769. The van der Waals surface area contributed by atoms with Gasteiger partial charge in [-0.3, -0.25) is 0 Å². The number of hydrogen-bond donors (Lipinski definition) is 1. The minimum Gasteiger partial charge on any atom is -0.439 e. The molecule has 1 aromatic carbocycles. The van der Waals surface area contributed by atoms with Crippen LogP contribution in [0, 0.1) is 0 Å². The first kappa shape index (κ1) is 10.0. The third-order valence-corrected chi connectivity index (χ3v) is 4.25. The number of nitrogens with two attached hydrogens (primary N) is 1. The van der Waals surface area contributed by atoms with Gasteiger partial charge in [-0.1, -0.05) is 6.42 Å². The lowest BCUT2D eigenvalue weighted by molar-refractivity contribution is 0.501. The van der Waals surface area contributed by atoms with Crippen molar-refractivity contribution in [1.29, 1.82) is 0 Å². The molecule has 0 bridgehead atoms. The van der Waals surface area contributed by atoms with E-state index >= 15 is 0 Å². The predicted octanol–water partition coefficient (Wildman–Crippen LogP) is 3.37. The normalized spacial score (nSPS) is 21.4. The summed E-state index contributed by atoms with van der Waals surface area (Å²) >= 11 is 1.95. The first-order chi connectivity index (χ1) is 7.83. The van der Waals surface area contributed by atoms with Gasteiger partial charge in [0.25, 0.3) is 0 Å². The van der Waals surface area contributed by atoms with E-state index in [0.29, 0.717) is 5.25 Å². The zero-order valence-corrected chi connectivity index (χ0v) is 9.80. The Kier molecular flexibility index (Phi) is 2.52. The summed E-state index contributed by atoms with van der Waals surface area (Å²) in [7, 11) is 0. The van der Waals surface area contributed by atoms with Crippen LogP contribution in [0.25, 0.3) is 11.1 Å². The SMILES string of the molecule is Nc1ccc2nc(C3CCCCS3)oc2c1. The topological polar surface area (TPSA) is 52.0 Å². The van der Waals surface area contributed by atoms with Crippen LogP contribution in [0.4, 0.5) is 5.69 Å². The van der Waals surface area contributed by atoms with Crippen molar-refractivity contribution < 1.29 is 4.42 Å². The van der Waals surface area contributed by atoms with Gasteiger partial charge < -0.3 is 10.2 Å². The van der Waals surface area contributed by atoms with Crippen molar-refractivity contribution >= 4 is 28.5 Å². The summed E-state index contributed by atoms with van der Waals surface area (Å²) in [6, 6.07) is 5.63. The standard InChI is InChI=1S/C12H14N2OS/c13-8-4-5-9-10(7-8)15-12(14-9)11-3-1-2-6-16-11/h4-5,7,11H,1-3,6,13H2. The molecular weight excluding hydrogens is 220 g/mol. The molecule has 1 aliphatic rings. The molecule has 1 atom stereocenters. The number of thioether (sulfide) groups is 1. The van der Waals surface area contributed by atoms with E-state index in [2.05, 4.69) is 4.98 Å². The van der Waals surface area contributed by atoms with Gasteiger partial charge in [0.1, 0.15) is 5.52 Å². The zero-order chi connectivity index (χ0) is 11.0. The van der Waals surface area contributed by atoms with Crippen LogP contribution < -0.4 is 5.73 Å². The number of hydrogen-bond acceptors (Lipinski definition) is 4. The molecule has 0 amide bonds. The Morgan fingerprint density at radius 3 is 3.12 bits per heavy atom. The molecule has 4 heteroatoms. The third kappa shape index (κ3) is 1.78. The summed E-state index contributed by atoms with van der Waals surface area (Å²) in [6.07, 6.45) is 3.76. The molecule has 3 nitrogen and oxygen atoms in total. The van der Waals surface area contributed by atoms with Gasteiger partial charge in [0, 0.05) is 11.8 Å². The lowest BCUT2D eigenvalue weighted by Gasteiger charge is -2.17. The van der Waals surface area contributed by atoms with Gasteiger partial charge in [-0.05, 0) is 30.7 Å². The van der Waals surface area contributed by atoms with Crippen molar-refractivity contribution in [2.24, 2.45) is 0 Å². The molecule has 0 spiro atoms. The molecule has 3 rings (SSSR count). The molecular formula is C12H14N2OS. The third-order valence-electron chi connectivity index (χ3n) is 2.88. The Labute approximate surface area is 98.4 Å². The molecule has 1 saturated heterocycles. The molecule has 84 valence electrons. The van der Waals surface area contributed by atoms with Crippen LogP contribution >= 0.6 is 11.8 Å². The van der Waals surface area contributed by atoms with Crippen LogP contribution in [-0.2, 0) is 0 Å². The van der Waals surface area contributed by atoms with E-state index < -0.39 is 0 Å². The highest BCUT2D eigenvalue weighted by Gasteiger charge is 2.21. The fourth-order valence-corrected chi connectivity index (χ4v) is 3.26. The predicted molar refractivity (Wildman–Crippen MR) is 67.5 cm³/mol. The molecule has 1 aromatic heterocycles. The van der Waals surface area contributed by atoms with Gasteiger partial charge >= 0.3 is 0 Å². The number of benzene rings is 1. The smallest absolute Gasteiger partial charge is 0.208 e. The second kappa shape index (κ2) is 4.01. The Morgan fingerprint density at radius 1 is 1.38 bits per heavy atom. The molecule has 0 aliphatic carbocycles. The number of rotatable bonds is 1. The average Bonchev–Trinajstić information content (AvgIpc) is 2.73. The van der Waals surface area contributed by atoms with E-state index in [4.69, 9.17) is 10.2 Å². The van der Waals surface area contributed by atoms with Crippen LogP contribution in [-0.4, -0.2) is 10.7 Å². The summed E-state index contributed by atoms with van der Waals surface area (Å²) in [5.74, 6) is 2.08. The lowest BCUT2D eigenvalue weighted by atomic mass is 10.2. The summed E-state index contributed by atoms with van der Waals surface area (Å²) in [4.78, 5) is 4.53. The first-order valence-corrected chi connectivity index (χ1v) is 6.65. The van der Waals surface area contributed by atoms with Crippen molar-refractivity contribution in [3.05, 3.63) is 24.1 Å². The Hall–Kier alpha value is -1.16. The van der Waals surface area contributed by atoms with E-state index in [1.807, 2.05) is 30.0 Å². The number of nitrogens with zero attached hydrogens (tertiary/aromatic N) is 1. The Bertz CT molecular complexity index is 503. The van der Waals surface area contributed by atoms with Gasteiger partial charge in [0.05, 0.1) is 5.25 Å². The highest BCUT2D eigenvalue weighted by atomic mass is 32.2. The second-order valence-electron chi connectivity index (χ2n) is 4.13. The van der Waals surface area contributed by atoms with E-state index in [1.165, 1.54) is 25.0 Å². The van der Waals surface area contributed by atoms with Gasteiger partial charge in [0.15, 0.2) is 5.58 Å². The summed E-state index contributed by atoms with van der Waals surface area (Å²) in [5, 5.41) is 0.433. The second-order valence-corrected chi connectivity index (χ2v) is 5.45. The molecule has 1 aliphatic heterocycles. The van der Waals surface area contributed by atoms with Crippen LogP contribution in [0.1, 0.15) is 30.4 Å². The minimum absolute atomic E-state index is 0.433. The summed E-state index contributed by atoms with van der Waals surface area (Å²) in [6.45, 7) is 0. The largest absolute Gasteiger partial charge is 0.439 e. The Morgan fingerprint density at radius 2 is 2.31 bits per heavy atom. The van der Waals surface area contributed by atoms with Crippen LogP contribution in [0.3, 0.4) is 0 Å². The summed E-state index contributed by atoms with van der Waals surface area (Å²) < 4.78 is 5.78. The highest BCUT2D eigenvalue weighted by Crippen LogP contribution is 2.38. The number of anilines is 1. The Balaban J connectivity index is 1.97. The first-order valence-electron chi connectivity index (χ1n) is 5.60. The van der Waals surface area contributed by atoms with Crippen molar-refractivity contribution in [1.82, 2.24) is 4.98 Å². The molecule has 1 unspecified atom stereocenters. The van der Waals surface area contributed by atoms with E-state index in [-0.39, 0.29) is 0 Å². The fourth-order valence-electron chi connectivity index (χ4n) is 2.03. The maximum atomic E-state index is 5.78. The van der Waals surface area contributed by atoms with E-state index in [1.54, 1.807) is 0 Å². The number of oxazole rings is 1. The molecule has 2 N–H and O–H groups in total. The van der Waals surface area contributed by atoms with Gasteiger partial charge in [-0.2, -0.15) is 0 Å². The number of nitrogen functional groups attached to an aromatic ring is 1. The van der Waals surface area contributed by atoms with Crippen molar-refractivity contribution in [3.63, 3.8) is 0 Å². The van der Waals surface area contributed by atoms with Crippen molar-refractivity contribution in [2.45, 2.75) is 24.5 Å². The van der Waals surface area contributed by atoms with Crippen molar-refractivity contribution in [3.8, 4) is 0 Å². The lowest BCUT2D eigenvalue weighted by Crippen LogP contribution is -2.01. The number of fused-ring (bicyclic) bond motifs is 1. The molecule has 16 heavy (non-hydrogen) atoms. The molecule has 0 saturated carbocycles. The fraction of sp³-hybridized carbons (Fsp3) is 0.417. The highest BCUT2D eigenvalue weighted by molar-refractivity contribution is 7.99. The number of aromatic nitrogens is 1. The van der Waals surface area contributed by atoms with Crippen LogP contribution in [0.2, 0.25) is 0 Å². The van der Waals surface area contributed by atoms with Crippen molar-refractivity contribution in [2.75, 3.05) is 11.5 Å². The van der Waals surface area contributed by atoms with Gasteiger partial charge in [-0.15, -0.1) is 11.8 Å². The maximum Gasteiger partial charge on any atom is 0.208 e. The molecule has 0 radical (unpaired) electrons. The monoisotopic (exact) mass is 234 g/mol. The maximum absolute atomic E-state index is 5.78. The molecule has 1 fully saturated rings. The summed E-state index contributed by atoms with van der Waals surface area (Å²) in [5.41, 5.74) is 8.17. The van der Waals surface area contributed by atoms with E-state index in [0.717, 1.165) is 22.7 Å². The van der Waals surface area contributed by atoms with Gasteiger partial charge in [-0.25, -0.2) is 4.98 Å². The molecule has 2 heterocycles. The van der Waals surface area contributed by atoms with E-state index in [9.17, 15) is 0 Å². The van der Waals surface area contributed by atoms with Crippen LogP contribution in [0.15, 0.2) is 22.6 Å².